The Morgan fingerprint density at radius 3 is 2.33 bits per heavy atom. The first-order valence-electron chi connectivity index (χ1n) is 10.1. The molecule has 9 nitrogen and oxygen atoms in total. The van der Waals surface area contributed by atoms with Crippen molar-refractivity contribution in [3.8, 4) is 0 Å². The molecule has 33 heavy (non-hydrogen) atoms. The minimum atomic E-state index is -3.63. The number of benzene rings is 2. The second kappa shape index (κ2) is 8.73. The molecular formula is C22H22N4O5S2. The fourth-order valence-electron chi connectivity index (χ4n) is 3.55. The lowest BCUT2D eigenvalue weighted by molar-refractivity contribution is -0.127. The number of thioether (sulfide) groups is 1. The molecule has 1 atom stereocenters. The normalized spacial score (nSPS) is 19.6. The van der Waals surface area contributed by atoms with Gasteiger partial charge in [-0.25, -0.2) is 17.7 Å². The molecule has 0 N–H and O–H groups in total. The van der Waals surface area contributed by atoms with E-state index in [2.05, 4.69) is 4.99 Å². The SMILES string of the molecule is CC1CN(C(=O)CN2C(=O)c3ccccc3C2=O)C(=Nc2cccc(S(=O)(=O)N(C)C)c2)S1. The maximum Gasteiger partial charge on any atom is 0.262 e. The van der Waals surface area contributed by atoms with Crippen LogP contribution in [-0.2, 0) is 14.8 Å². The standard InChI is InChI=1S/C22H22N4O5S2/c1-14-12-25(19(27)13-26-20(28)17-9-4-5-10-18(17)21(26)29)22(32-14)23-15-7-6-8-16(11-15)33(30,31)24(2)3/h4-11,14H,12-13H2,1-3H3. The lowest BCUT2D eigenvalue weighted by Gasteiger charge is -2.20. The summed E-state index contributed by atoms with van der Waals surface area (Å²) in [7, 11) is -0.740. The Balaban J connectivity index is 1.58. The number of rotatable bonds is 5. The Kier molecular flexibility index (Phi) is 6.12. The van der Waals surface area contributed by atoms with Gasteiger partial charge in [0.25, 0.3) is 11.8 Å². The number of amides is 3. The molecule has 172 valence electrons. The van der Waals surface area contributed by atoms with Crippen LogP contribution >= 0.6 is 11.8 Å². The highest BCUT2D eigenvalue weighted by molar-refractivity contribution is 8.14. The third-order valence-corrected chi connectivity index (χ3v) is 8.16. The van der Waals surface area contributed by atoms with Crippen LogP contribution in [0.1, 0.15) is 27.6 Å². The van der Waals surface area contributed by atoms with E-state index in [1.807, 2.05) is 6.92 Å². The Bertz CT molecular complexity index is 1250. The Labute approximate surface area is 196 Å². The molecule has 0 saturated carbocycles. The number of amidine groups is 1. The second-order valence-electron chi connectivity index (χ2n) is 7.85. The summed E-state index contributed by atoms with van der Waals surface area (Å²) in [5.74, 6) is -1.43. The predicted molar refractivity (Wildman–Crippen MR) is 125 cm³/mol. The maximum absolute atomic E-state index is 13.1. The van der Waals surface area contributed by atoms with E-state index in [0.717, 1.165) is 9.21 Å². The number of carbonyl (C=O) groups is 3. The summed E-state index contributed by atoms with van der Waals surface area (Å²) < 4.78 is 26.0. The molecule has 1 fully saturated rings. The van der Waals surface area contributed by atoms with E-state index in [0.29, 0.717) is 17.4 Å². The fourth-order valence-corrected chi connectivity index (χ4v) is 5.54. The molecule has 1 unspecified atom stereocenters. The molecule has 0 radical (unpaired) electrons. The molecule has 0 spiro atoms. The van der Waals surface area contributed by atoms with Crippen molar-refractivity contribution < 1.29 is 22.8 Å². The number of carbonyl (C=O) groups excluding carboxylic acids is 3. The van der Waals surface area contributed by atoms with Crippen LogP contribution < -0.4 is 0 Å². The van der Waals surface area contributed by atoms with E-state index in [9.17, 15) is 22.8 Å². The van der Waals surface area contributed by atoms with Crippen LogP contribution in [0.4, 0.5) is 5.69 Å². The Hall–Kier alpha value is -3.02. The van der Waals surface area contributed by atoms with Crippen molar-refractivity contribution in [1.29, 1.82) is 0 Å². The number of fused-ring (bicyclic) bond motifs is 1. The van der Waals surface area contributed by atoms with Gasteiger partial charge in [-0.2, -0.15) is 0 Å². The van der Waals surface area contributed by atoms with Crippen molar-refractivity contribution in [2.75, 3.05) is 27.2 Å². The van der Waals surface area contributed by atoms with Crippen molar-refractivity contribution in [3.05, 3.63) is 59.7 Å². The van der Waals surface area contributed by atoms with Crippen molar-refractivity contribution in [1.82, 2.24) is 14.1 Å². The van der Waals surface area contributed by atoms with Gasteiger partial charge in [-0.1, -0.05) is 36.9 Å². The van der Waals surface area contributed by atoms with Gasteiger partial charge in [-0.15, -0.1) is 0 Å². The number of aliphatic imine (C=N–C) groups is 1. The monoisotopic (exact) mass is 486 g/mol. The number of nitrogens with zero attached hydrogens (tertiary/aromatic N) is 4. The molecule has 2 aliphatic heterocycles. The van der Waals surface area contributed by atoms with E-state index in [1.54, 1.807) is 36.4 Å². The van der Waals surface area contributed by atoms with E-state index in [-0.39, 0.29) is 21.3 Å². The average Bonchev–Trinajstić information content (AvgIpc) is 3.26. The summed E-state index contributed by atoms with van der Waals surface area (Å²) in [6.07, 6.45) is 0. The fraction of sp³-hybridized carbons (Fsp3) is 0.273. The van der Waals surface area contributed by atoms with Crippen LogP contribution in [0.15, 0.2) is 58.4 Å². The zero-order chi connectivity index (χ0) is 23.9. The van der Waals surface area contributed by atoms with Crippen LogP contribution in [0.25, 0.3) is 0 Å². The van der Waals surface area contributed by atoms with E-state index < -0.39 is 34.3 Å². The predicted octanol–water partition coefficient (Wildman–Crippen LogP) is 2.18. The first kappa shape index (κ1) is 23.1. The molecule has 11 heteroatoms. The average molecular weight is 487 g/mol. The summed E-state index contributed by atoms with van der Waals surface area (Å²) in [4.78, 5) is 45.3. The first-order chi connectivity index (χ1) is 15.6. The van der Waals surface area contributed by atoms with Gasteiger partial charge in [-0.05, 0) is 30.3 Å². The van der Waals surface area contributed by atoms with Crippen LogP contribution in [0, 0.1) is 0 Å². The topological polar surface area (TPSA) is 107 Å². The van der Waals surface area contributed by atoms with Gasteiger partial charge in [0.1, 0.15) is 6.54 Å². The Morgan fingerprint density at radius 2 is 1.73 bits per heavy atom. The molecule has 2 aliphatic rings. The molecule has 4 rings (SSSR count). The molecule has 2 aromatic rings. The molecule has 0 aliphatic carbocycles. The quantitative estimate of drug-likeness (QED) is 0.600. The van der Waals surface area contributed by atoms with Gasteiger partial charge in [0.2, 0.25) is 15.9 Å². The van der Waals surface area contributed by atoms with Gasteiger partial charge < -0.3 is 0 Å². The zero-order valence-electron chi connectivity index (χ0n) is 18.3. The van der Waals surface area contributed by atoms with Crippen LogP contribution in [0.2, 0.25) is 0 Å². The lowest BCUT2D eigenvalue weighted by Crippen LogP contribution is -2.43. The van der Waals surface area contributed by atoms with Gasteiger partial charge >= 0.3 is 0 Å². The summed E-state index contributed by atoms with van der Waals surface area (Å²) in [5, 5.41) is 0.437. The lowest BCUT2D eigenvalue weighted by atomic mass is 10.1. The maximum atomic E-state index is 13.1. The van der Waals surface area contributed by atoms with Crippen LogP contribution in [0.3, 0.4) is 0 Å². The molecule has 0 bridgehead atoms. The van der Waals surface area contributed by atoms with Crippen molar-refractivity contribution in [3.63, 3.8) is 0 Å². The third kappa shape index (κ3) is 4.31. The summed E-state index contributed by atoms with van der Waals surface area (Å²) in [6.45, 7) is 1.90. The van der Waals surface area contributed by atoms with Gasteiger partial charge in [0.15, 0.2) is 5.17 Å². The second-order valence-corrected chi connectivity index (χ2v) is 11.4. The molecule has 2 heterocycles. The minimum absolute atomic E-state index is 0.0450. The number of imide groups is 1. The molecule has 1 saturated heterocycles. The van der Waals surface area contributed by atoms with Gasteiger partial charge in [0, 0.05) is 25.9 Å². The van der Waals surface area contributed by atoms with E-state index in [1.165, 1.54) is 42.9 Å². The summed E-state index contributed by atoms with van der Waals surface area (Å²) in [5.41, 5.74) is 0.951. The molecular weight excluding hydrogens is 464 g/mol. The van der Waals surface area contributed by atoms with Gasteiger partial charge in [-0.3, -0.25) is 24.2 Å². The van der Waals surface area contributed by atoms with E-state index in [4.69, 9.17) is 0 Å². The summed E-state index contributed by atoms with van der Waals surface area (Å²) >= 11 is 1.37. The third-order valence-electron chi connectivity index (χ3n) is 5.27. The molecule has 0 aromatic heterocycles. The van der Waals surface area contributed by atoms with Crippen molar-refractivity contribution >= 4 is 50.4 Å². The smallest absolute Gasteiger partial charge is 0.262 e. The molecule has 2 aromatic carbocycles. The van der Waals surface area contributed by atoms with Crippen LogP contribution in [0.5, 0.6) is 0 Å². The largest absolute Gasteiger partial charge is 0.289 e. The highest BCUT2D eigenvalue weighted by Crippen LogP contribution is 2.30. The first-order valence-corrected chi connectivity index (χ1v) is 12.4. The minimum Gasteiger partial charge on any atom is -0.289 e. The number of hydrogen-bond donors (Lipinski definition) is 0. The Morgan fingerprint density at radius 1 is 1.09 bits per heavy atom. The van der Waals surface area contributed by atoms with Crippen molar-refractivity contribution in [2.24, 2.45) is 4.99 Å². The number of hydrogen-bond acceptors (Lipinski definition) is 7. The number of sulfonamides is 1. The highest BCUT2D eigenvalue weighted by Gasteiger charge is 2.39. The highest BCUT2D eigenvalue weighted by atomic mass is 32.2. The van der Waals surface area contributed by atoms with Gasteiger partial charge in [0.05, 0.1) is 21.7 Å². The van der Waals surface area contributed by atoms with Crippen molar-refractivity contribution in [2.45, 2.75) is 17.1 Å². The summed E-state index contributed by atoms with van der Waals surface area (Å²) in [6, 6.07) is 12.6. The zero-order valence-corrected chi connectivity index (χ0v) is 19.9. The van der Waals surface area contributed by atoms with E-state index >= 15 is 0 Å². The van der Waals surface area contributed by atoms with Crippen LogP contribution in [-0.4, -0.2) is 77.8 Å². The molecule has 3 amide bonds.